The predicted octanol–water partition coefficient (Wildman–Crippen LogP) is 2.54. The number of hydrogen-bond donors (Lipinski definition) is 2. The standard InChI is InChI=1S/C14H24N2O.ClH/c15-14(9-4-5-10-14)13(17)16-11-8-12-6-2-1-3-7-12;/h1-2,12H,3-11,15H2,(H,16,17);1H. The fraction of sp³-hybridized carbons (Fsp3) is 0.786. The normalized spacial score (nSPS) is 25.5. The molecule has 1 atom stereocenters. The Bertz CT molecular complexity index is 298. The third kappa shape index (κ3) is 3.99. The summed E-state index contributed by atoms with van der Waals surface area (Å²) in [6, 6.07) is 0. The topological polar surface area (TPSA) is 55.1 Å². The molecule has 104 valence electrons. The van der Waals surface area contributed by atoms with Gasteiger partial charge < -0.3 is 11.1 Å². The van der Waals surface area contributed by atoms with Gasteiger partial charge >= 0.3 is 0 Å². The summed E-state index contributed by atoms with van der Waals surface area (Å²) in [5, 5.41) is 3.02. The first-order valence-corrected chi connectivity index (χ1v) is 6.93. The molecule has 2 rings (SSSR count). The van der Waals surface area contributed by atoms with Gasteiger partial charge in [-0.1, -0.05) is 25.0 Å². The minimum absolute atomic E-state index is 0. The van der Waals surface area contributed by atoms with E-state index < -0.39 is 5.54 Å². The average Bonchev–Trinajstić information content (AvgIpc) is 2.79. The first-order chi connectivity index (χ1) is 8.21. The Morgan fingerprint density at radius 3 is 2.67 bits per heavy atom. The Balaban J connectivity index is 0.00000162. The van der Waals surface area contributed by atoms with E-state index in [1.54, 1.807) is 0 Å². The molecule has 2 aliphatic rings. The number of carbonyl (C=O) groups is 1. The van der Waals surface area contributed by atoms with E-state index in [0.29, 0.717) is 0 Å². The van der Waals surface area contributed by atoms with Crippen LogP contribution in [0.3, 0.4) is 0 Å². The first kappa shape index (κ1) is 15.5. The van der Waals surface area contributed by atoms with E-state index in [4.69, 9.17) is 5.73 Å². The third-order valence-corrected chi connectivity index (χ3v) is 4.16. The van der Waals surface area contributed by atoms with Crippen molar-refractivity contribution in [1.82, 2.24) is 5.32 Å². The second-order valence-electron chi connectivity index (χ2n) is 5.56. The molecule has 1 unspecified atom stereocenters. The molecule has 3 nitrogen and oxygen atoms in total. The van der Waals surface area contributed by atoms with Crippen molar-refractivity contribution in [2.24, 2.45) is 11.7 Å². The second-order valence-corrected chi connectivity index (χ2v) is 5.56. The molecule has 4 heteroatoms. The highest BCUT2D eigenvalue weighted by atomic mass is 35.5. The van der Waals surface area contributed by atoms with Crippen LogP contribution in [0.25, 0.3) is 0 Å². The molecule has 0 radical (unpaired) electrons. The van der Waals surface area contributed by atoms with Crippen LogP contribution < -0.4 is 11.1 Å². The molecule has 0 aliphatic heterocycles. The Hall–Kier alpha value is -0.540. The van der Waals surface area contributed by atoms with Crippen LogP contribution in [-0.4, -0.2) is 18.0 Å². The Morgan fingerprint density at radius 1 is 1.33 bits per heavy atom. The highest BCUT2D eigenvalue weighted by molar-refractivity contribution is 5.86. The van der Waals surface area contributed by atoms with Crippen molar-refractivity contribution in [3.8, 4) is 0 Å². The molecule has 0 heterocycles. The maximum atomic E-state index is 12.0. The molecule has 18 heavy (non-hydrogen) atoms. The highest BCUT2D eigenvalue weighted by Crippen LogP contribution is 2.27. The molecule has 0 aromatic heterocycles. The predicted molar refractivity (Wildman–Crippen MR) is 76.7 cm³/mol. The molecule has 1 saturated carbocycles. The van der Waals surface area contributed by atoms with Crippen molar-refractivity contribution < 1.29 is 4.79 Å². The zero-order valence-electron chi connectivity index (χ0n) is 11.0. The number of hydrogen-bond acceptors (Lipinski definition) is 2. The minimum Gasteiger partial charge on any atom is -0.354 e. The van der Waals surface area contributed by atoms with Gasteiger partial charge in [0.1, 0.15) is 0 Å². The van der Waals surface area contributed by atoms with Gasteiger partial charge in [0, 0.05) is 6.54 Å². The monoisotopic (exact) mass is 272 g/mol. The highest BCUT2D eigenvalue weighted by Gasteiger charge is 2.36. The first-order valence-electron chi connectivity index (χ1n) is 6.93. The van der Waals surface area contributed by atoms with Crippen molar-refractivity contribution in [1.29, 1.82) is 0 Å². The van der Waals surface area contributed by atoms with Crippen LogP contribution in [0, 0.1) is 5.92 Å². The van der Waals surface area contributed by atoms with Crippen LogP contribution in [-0.2, 0) is 4.79 Å². The molecule has 0 aromatic rings. The summed E-state index contributed by atoms with van der Waals surface area (Å²) in [5.74, 6) is 0.818. The Labute approximate surface area is 116 Å². The molecule has 3 N–H and O–H groups in total. The zero-order chi connectivity index (χ0) is 12.1. The van der Waals surface area contributed by atoms with Gasteiger partial charge in [0.25, 0.3) is 0 Å². The van der Waals surface area contributed by atoms with Crippen molar-refractivity contribution in [2.45, 2.75) is 56.9 Å². The maximum Gasteiger partial charge on any atom is 0.240 e. The number of allylic oxidation sites excluding steroid dienone is 2. The Morgan fingerprint density at radius 2 is 2.06 bits per heavy atom. The molecular formula is C14H25ClN2O. The largest absolute Gasteiger partial charge is 0.354 e. The SMILES string of the molecule is Cl.NC1(C(=O)NCCC2CC=CCC2)CCCC1. The van der Waals surface area contributed by atoms with Crippen molar-refractivity contribution in [3.63, 3.8) is 0 Å². The van der Waals surface area contributed by atoms with Gasteiger partial charge in [0.2, 0.25) is 5.91 Å². The van der Waals surface area contributed by atoms with Crippen LogP contribution in [0.1, 0.15) is 51.4 Å². The van der Waals surface area contributed by atoms with Gasteiger partial charge in [-0.15, -0.1) is 12.4 Å². The molecule has 0 spiro atoms. The summed E-state index contributed by atoms with van der Waals surface area (Å²) >= 11 is 0. The van der Waals surface area contributed by atoms with Gasteiger partial charge in [0.05, 0.1) is 5.54 Å². The molecule has 1 amide bonds. The van der Waals surface area contributed by atoms with Gasteiger partial charge in [-0.25, -0.2) is 0 Å². The summed E-state index contributed by atoms with van der Waals surface area (Å²) in [6.07, 6.45) is 13.1. The molecular weight excluding hydrogens is 248 g/mol. The van der Waals surface area contributed by atoms with E-state index in [2.05, 4.69) is 17.5 Å². The van der Waals surface area contributed by atoms with E-state index in [9.17, 15) is 4.79 Å². The molecule has 2 aliphatic carbocycles. The fourth-order valence-corrected chi connectivity index (χ4v) is 2.92. The molecule has 0 bridgehead atoms. The van der Waals surface area contributed by atoms with E-state index in [1.165, 1.54) is 19.3 Å². The number of nitrogens with one attached hydrogen (secondary N) is 1. The average molecular weight is 273 g/mol. The fourth-order valence-electron chi connectivity index (χ4n) is 2.92. The summed E-state index contributed by atoms with van der Waals surface area (Å²) in [7, 11) is 0. The second kappa shape index (κ2) is 7.15. The maximum absolute atomic E-state index is 12.0. The molecule has 0 saturated heterocycles. The van der Waals surface area contributed by atoms with Crippen molar-refractivity contribution in [3.05, 3.63) is 12.2 Å². The summed E-state index contributed by atoms with van der Waals surface area (Å²) in [6.45, 7) is 0.788. The van der Waals surface area contributed by atoms with Crippen LogP contribution in [0.2, 0.25) is 0 Å². The number of nitrogens with two attached hydrogens (primary N) is 1. The number of carbonyl (C=O) groups excluding carboxylic acids is 1. The lowest BCUT2D eigenvalue weighted by molar-refractivity contribution is -0.126. The summed E-state index contributed by atoms with van der Waals surface area (Å²) in [5.41, 5.74) is 5.54. The minimum atomic E-state index is -0.563. The van der Waals surface area contributed by atoms with Crippen LogP contribution in [0.4, 0.5) is 0 Å². The van der Waals surface area contributed by atoms with Gasteiger partial charge in [0.15, 0.2) is 0 Å². The third-order valence-electron chi connectivity index (χ3n) is 4.16. The number of rotatable bonds is 4. The molecule has 0 aromatic carbocycles. The lowest BCUT2D eigenvalue weighted by Gasteiger charge is -2.23. The lowest BCUT2D eigenvalue weighted by Crippen LogP contribution is -2.52. The van der Waals surface area contributed by atoms with E-state index in [0.717, 1.165) is 44.6 Å². The number of amides is 1. The zero-order valence-corrected chi connectivity index (χ0v) is 11.8. The Kier molecular flexibility index (Phi) is 6.16. The quantitative estimate of drug-likeness (QED) is 0.773. The molecule has 1 fully saturated rings. The summed E-state index contributed by atoms with van der Waals surface area (Å²) in [4.78, 5) is 12.0. The van der Waals surface area contributed by atoms with Gasteiger partial charge in [-0.3, -0.25) is 4.79 Å². The van der Waals surface area contributed by atoms with Crippen molar-refractivity contribution in [2.75, 3.05) is 6.54 Å². The van der Waals surface area contributed by atoms with Crippen LogP contribution >= 0.6 is 12.4 Å². The van der Waals surface area contributed by atoms with E-state index in [-0.39, 0.29) is 18.3 Å². The van der Waals surface area contributed by atoms with Gasteiger partial charge in [-0.2, -0.15) is 0 Å². The van der Waals surface area contributed by atoms with Crippen LogP contribution in [0.5, 0.6) is 0 Å². The smallest absolute Gasteiger partial charge is 0.240 e. The van der Waals surface area contributed by atoms with Crippen molar-refractivity contribution >= 4 is 18.3 Å². The van der Waals surface area contributed by atoms with Gasteiger partial charge in [-0.05, 0) is 44.4 Å². The number of halogens is 1. The summed E-state index contributed by atoms with van der Waals surface area (Å²) < 4.78 is 0. The van der Waals surface area contributed by atoms with E-state index in [1.807, 2.05) is 0 Å². The lowest BCUT2D eigenvalue weighted by atomic mass is 9.91. The van der Waals surface area contributed by atoms with Crippen LogP contribution in [0.15, 0.2) is 12.2 Å². The van der Waals surface area contributed by atoms with E-state index >= 15 is 0 Å².